The molecule has 3 unspecified atom stereocenters. The molecule has 180 valence electrons. The third-order valence-electron chi connectivity index (χ3n) is 6.00. The molecule has 8 heteroatoms. The van der Waals surface area contributed by atoms with Crippen molar-refractivity contribution >= 4 is 35.9 Å². The summed E-state index contributed by atoms with van der Waals surface area (Å²) in [4.78, 5) is 21.3. The van der Waals surface area contributed by atoms with Gasteiger partial charge >= 0.3 is 5.97 Å². The second-order valence-electron chi connectivity index (χ2n) is 8.66. The molecule has 0 aromatic heterocycles. The van der Waals surface area contributed by atoms with E-state index in [-0.39, 0.29) is 48.1 Å². The third kappa shape index (κ3) is 7.59. The number of hydrogen-bond donors (Lipinski definition) is 1. The molecular formula is C24H39IN4O3. The van der Waals surface area contributed by atoms with Crippen LogP contribution in [-0.4, -0.2) is 73.8 Å². The van der Waals surface area contributed by atoms with Gasteiger partial charge in [0.2, 0.25) is 0 Å². The topological polar surface area (TPSA) is 66.4 Å². The molecule has 2 fully saturated rings. The average Bonchev–Trinajstić information content (AvgIpc) is 2.75. The van der Waals surface area contributed by atoms with Gasteiger partial charge in [0.15, 0.2) is 5.96 Å². The zero-order valence-electron chi connectivity index (χ0n) is 19.9. The number of carbonyl (C=O) groups is 1. The molecule has 0 aliphatic carbocycles. The van der Waals surface area contributed by atoms with Crippen LogP contribution < -0.4 is 5.32 Å². The van der Waals surface area contributed by atoms with Gasteiger partial charge in [-0.25, -0.2) is 0 Å². The summed E-state index contributed by atoms with van der Waals surface area (Å²) in [6.45, 7) is 11.7. The van der Waals surface area contributed by atoms with E-state index in [4.69, 9.17) is 9.47 Å². The van der Waals surface area contributed by atoms with Crippen LogP contribution in [0.15, 0.2) is 29.3 Å². The predicted octanol–water partition coefficient (Wildman–Crippen LogP) is 3.26. The summed E-state index contributed by atoms with van der Waals surface area (Å²) in [7, 11) is 1.80. The Hall–Kier alpha value is -1.39. The molecule has 1 N–H and O–H groups in total. The highest BCUT2D eigenvalue weighted by Crippen LogP contribution is 2.19. The molecule has 7 nitrogen and oxygen atoms in total. The highest BCUT2D eigenvalue weighted by atomic mass is 127. The van der Waals surface area contributed by atoms with Crippen molar-refractivity contribution in [3.8, 4) is 0 Å². The van der Waals surface area contributed by atoms with Crippen LogP contribution in [0.2, 0.25) is 0 Å². The molecule has 2 aliphatic rings. The first-order valence-corrected chi connectivity index (χ1v) is 11.6. The predicted molar refractivity (Wildman–Crippen MR) is 138 cm³/mol. The largest absolute Gasteiger partial charge is 0.466 e. The van der Waals surface area contributed by atoms with Gasteiger partial charge in [-0.05, 0) is 44.7 Å². The van der Waals surface area contributed by atoms with Crippen LogP contribution in [-0.2, 0) is 27.4 Å². The smallest absolute Gasteiger partial charge is 0.310 e. The Morgan fingerprint density at radius 1 is 1.19 bits per heavy atom. The molecule has 0 spiro atoms. The quantitative estimate of drug-likeness (QED) is 0.250. The number of aliphatic imine (C=N–C) groups is 1. The summed E-state index contributed by atoms with van der Waals surface area (Å²) in [5, 5.41) is 3.52. The fourth-order valence-corrected chi connectivity index (χ4v) is 4.67. The van der Waals surface area contributed by atoms with Crippen molar-refractivity contribution in [2.24, 2.45) is 10.9 Å². The van der Waals surface area contributed by atoms with Crippen molar-refractivity contribution in [2.45, 2.75) is 58.9 Å². The van der Waals surface area contributed by atoms with Gasteiger partial charge in [-0.3, -0.25) is 14.7 Å². The van der Waals surface area contributed by atoms with E-state index in [0.717, 1.165) is 45.0 Å². The van der Waals surface area contributed by atoms with Gasteiger partial charge in [0.1, 0.15) is 0 Å². The number of esters is 1. The minimum Gasteiger partial charge on any atom is -0.466 e. The molecule has 0 bridgehead atoms. The highest BCUT2D eigenvalue weighted by Gasteiger charge is 2.28. The number of carbonyl (C=O) groups excluding carboxylic acids is 1. The molecule has 3 atom stereocenters. The van der Waals surface area contributed by atoms with E-state index < -0.39 is 0 Å². The summed E-state index contributed by atoms with van der Waals surface area (Å²) in [5.41, 5.74) is 2.60. The zero-order valence-corrected chi connectivity index (χ0v) is 22.2. The van der Waals surface area contributed by atoms with Crippen LogP contribution in [0.25, 0.3) is 0 Å². The lowest BCUT2D eigenvalue weighted by atomic mass is 9.98. The maximum Gasteiger partial charge on any atom is 0.310 e. The first kappa shape index (κ1) is 26.9. The Balaban J connectivity index is 0.00000363. The summed E-state index contributed by atoms with van der Waals surface area (Å²) in [5.74, 6) is 0.671. The minimum absolute atomic E-state index is 0. The Bertz CT molecular complexity index is 751. The third-order valence-corrected chi connectivity index (χ3v) is 6.00. The highest BCUT2D eigenvalue weighted by molar-refractivity contribution is 14.0. The van der Waals surface area contributed by atoms with Gasteiger partial charge in [-0.1, -0.05) is 24.3 Å². The van der Waals surface area contributed by atoms with Crippen molar-refractivity contribution in [1.82, 2.24) is 15.1 Å². The van der Waals surface area contributed by atoms with E-state index in [2.05, 4.69) is 58.2 Å². The molecular weight excluding hydrogens is 519 g/mol. The number of nitrogens with one attached hydrogen (secondary N) is 1. The number of likely N-dealkylation sites (tertiary alicyclic amines) is 1. The fraction of sp³-hybridized carbons (Fsp3) is 0.667. The summed E-state index contributed by atoms with van der Waals surface area (Å²) < 4.78 is 11.1. The van der Waals surface area contributed by atoms with Crippen molar-refractivity contribution < 1.29 is 14.3 Å². The molecule has 3 rings (SSSR count). The number of piperidine rings is 1. The number of rotatable bonds is 6. The molecule has 32 heavy (non-hydrogen) atoms. The number of halogens is 1. The fourth-order valence-electron chi connectivity index (χ4n) is 4.67. The molecule has 0 amide bonds. The number of morpholine rings is 1. The number of hydrogen-bond acceptors (Lipinski definition) is 5. The van der Waals surface area contributed by atoms with E-state index in [9.17, 15) is 4.79 Å². The second-order valence-corrected chi connectivity index (χ2v) is 8.66. The second kappa shape index (κ2) is 13.3. The zero-order chi connectivity index (χ0) is 22.2. The molecule has 1 aromatic rings. The van der Waals surface area contributed by atoms with Crippen LogP contribution in [0.3, 0.4) is 0 Å². The molecule has 2 heterocycles. The van der Waals surface area contributed by atoms with E-state index in [0.29, 0.717) is 19.7 Å². The lowest BCUT2D eigenvalue weighted by molar-refractivity contribution is -0.149. The van der Waals surface area contributed by atoms with Crippen molar-refractivity contribution in [3.05, 3.63) is 35.4 Å². The monoisotopic (exact) mass is 558 g/mol. The van der Waals surface area contributed by atoms with Gasteiger partial charge in [0.05, 0.1) is 24.7 Å². The van der Waals surface area contributed by atoms with Gasteiger partial charge < -0.3 is 19.7 Å². The molecule has 2 saturated heterocycles. The average molecular weight is 559 g/mol. The number of guanidine groups is 1. The molecule has 0 radical (unpaired) electrons. The maximum atomic E-state index is 12.2. The molecule has 0 saturated carbocycles. The van der Waals surface area contributed by atoms with E-state index in [1.807, 2.05) is 6.92 Å². The van der Waals surface area contributed by atoms with Crippen molar-refractivity contribution in [1.29, 1.82) is 0 Å². The van der Waals surface area contributed by atoms with Gasteiger partial charge in [-0.15, -0.1) is 24.0 Å². The van der Waals surface area contributed by atoms with Crippen LogP contribution in [0, 0.1) is 5.92 Å². The Morgan fingerprint density at radius 3 is 2.53 bits per heavy atom. The lowest BCUT2D eigenvalue weighted by Gasteiger charge is -2.36. The number of nitrogens with zero attached hydrogens (tertiary/aromatic N) is 3. The lowest BCUT2D eigenvalue weighted by Crippen LogP contribution is -2.48. The van der Waals surface area contributed by atoms with Crippen LogP contribution >= 0.6 is 24.0 Å². The van der Waals surface area contributed by atoms with Crippen LogP contribution in [0.5, 0.6) is 0 Å². The van der Waals surface area contributed by atoms with Crippen LogP contribution in [0.4, 0.5) is 0 Å². The first-order chi connectivity index (χ1) is 15.0. The van der Waals surface area contributed by atoms with Gasteiger partial charge in [0.25, 0.3) is 0 Å². The van der Waals surface area contributed by atoms with E-state index >= 15 is 0 Å². The number of benzene rings is 1. The van der Waals surface area contributed by atoms with E-state index in [1.165, 1.54) is 11.1 Å². The van der Waals surface area contributed by atoms with Gasteiger partial charge in [-0.2, -0.15) is 0 Å². The summed E-state index contributed by atoms with van der Waals surface area (Å²) >= 11 is 0. The normalized spacial score (nSPS) is 24.6. The summed E-state index contributed by atoms with van der Waals surface area (Å²) in [6, 6.07) is 8.59. The minimum atomic E-state index is -0.0954. The standard InChI is InChI=1S/C24H38N4O3.HI/c1-5-30-23(29)22-11-8-12-28(17-22)24(25-4)26-13-20-9-6-7-10-21(20)16-27-14-18(2)31-19(3)15-27;/h6-7,9-10,18-19,22H,5,8,11-17H2,1-4H3,(H,25,26);1H. The van der Waals surface area contributed by atoms with Gasteiger partial charge in [0, 0.05) is 46.3 Å². The van der Waals surface area contributed by atoms with E-state index in [1.54, 1.807) is 7.05 Å². The SMILES string of the molecule is CCOC(=O)C1CCCN(C(=NC)NCc2ccccc2CN2CC(C)OC(C)C2)C1.I. The van der Waals surface area contributed by atoms with Crippen molar-refractivity contribution in [2.75, 3.05) is 39.8 Å². The Kier molecular flexibility index (Phi) is 11.2. The Morgan fingerprint density at radius 2 is 1.88 bits per heavy atom. The maximum absolute atomic E-state index is 12.2. The first-order valence-electron chi connectivity index (χ1n) is 11.6. The van der Waals surface area contributed by atoms with Crippen molar-refractivity contribution in [3.63, 3.8) is 0 Å². The molecule has 2 aliphatic heterocycles. The summed E-state index contributed by atoms with van der Waals surface area (Å²) in [6.07, 6.45) is 2.37. The Labute approximate surface area is 209 Å². The molecule has 1 aromatic carbocycles. The number of ether oxygens (including phenoxy) is 2. The van der Waals surface area contributed by atoms with Crippen LogP contribution in [0.1, 0.15) is 44.7 Å².